The van der Waals surface area contributed by atoms with E-state index in [0.717, 1.165) is 11.3 Å². The third-order valence-corrected chi connectivity index (χ3v) is 3.76. The monoisotopic (exact) mass is 319 g/mol. The van der Waals surface area contributed by atoms with Crippen LogP contribution in [0.15, 0.2) is 24.3 Å². The molecule has 0 spiro atoms. The van der Waals surface area contributed by atoms with Crippen molar-refractivity contribution in [3.63, 3.8) is 0 Å². The molecule has 2 amide bonds. The van der Waals surface area contributed by atoms with E-state index in [-0.39, 0.29) is 18.4 Å². The fraction of sp³-hybridized carbons (Fsp3) is 0.529. The van der Waals surface area contributed by atoms with Gasteiger partial charge in [-0.1, -0.05) is 26.0 Å². The Balaban J connectivity index is 1.92. The molecule has 0 saturated carbocycles. The van der Waals surface area contributed by atoms with Gasteiger partial charge in [0, 0.05) is 32.9 Å². The summed E-state index contributed by atoms with van der Waals surface area (Å²) in [6.07, 6.45) is -0.408. The Kier molecular flexibility index (Phi) is 5.47. The van der Waals surface area contributed by atoms with Crippen molar-refractivity contribution in [2.75, 3.05) is 32.1 Å². The molecule has 1 fully saturated rings. The molecule has 23 heavy (non-hydrogen) atoms. The van der Waals surface area contributed by atoms with Gasteiger partial charge in [0.2, 0.25) is 5.91 Å². The summed E-state index contributed by atoms with van der Waals surface area (Å²) in [6.45, 7) is 5.10. The lowest BCUT2D eigenvalue weighted by molar-refractivity contribution is -0.125. The van der Waals surface area contributed by atoms with Crippen LogP contribution in [0.3, 0.4) is 0 Å². The SMILES string of the molecule is CC(C)CN1C(=O)OC[C@H]1C(=O)NCc1ccc(N(C)C)cc1. The molecule has 1 saturated heterocycles. The Morgan fingerprint density at radius 2 is 2.00 bits per heavy atom. The van der Waals surface area contributed by atoms with Crippen LogP contribution in [0.2, 0.25) is 0 Å². The number of nitrogens with zero attached hydrogens (tertiary/aromatic N) is 2. The van der Waals surface area contributed by atoms with Crippen LogP contribution in [0.4, 0.5) is 10.5 Å². The molecule has 1 atom stereocenters. The van der Waals surface area contributed by atoms with Gasteiger partial charge in [-0.05, 0) is 23.6 Å². The highest BCUT2D eigenvalue weighted by Gasteiger charge is 2.37. The van der Waals surface area contributed by atoms with Gasteiger partial charge in [-0.2, -0.15) is 0 Å². The number of carbonyl (C=O) groups excluding carboxylic acids is 2. The first-order chi connectivity index (χ1) is 10.9. The van der Waals surface area contributed by atoms with E-state index >= 15 is 0 Å². The van der Waals surface area contributed by atoms with E-state index in [1.807, 2.05) is 57.1 Å². The van der Waals surface area contributed by atoms with Gasteiger partial charge in [0.15, 0.2) is 0 Å². The second-order valence-electron chi connectivity index (χ2n) is 6.42. The molecule has 1 heterocycles. The average Bonchev–Trinajstić information content (AvgIpc) is 2.86. The number of benzene rings is 1. The minimum Gasteiger partial charge on any atom is -0.447 e. The summed E-state index contributed by atoms with van der Waals surface area (Å²) in [4.78, 5) is 27.6. The molecule has 1 aromatic rings. The number of cyclic esters (lactones) is 1. The van der Waals surface area contributed by atoms with Crippen molar-refractivity contribution in [2.45, 2.75) is 26.4 Å². The van der Waals surface area contributed by atoms with Crippen molar-refractivity contribution in [1.82, 2.24) is 10.2 Å². The second kappa shape index (κ2) is 7.35. The summed E-state index contributed by atoms with van der Waals surface area (Å²) in [5.74, 6) is 0.114. The normalized spacial score (nSPS) is 17.3. The molecular weight excluding hydrogens is 294 g/mol. The highest BCUT2D eigenvalue weighted by Crippen LogP contribution is 2.16. The Hall–Kier alpha value is -2.24. The summed E-state index contributed by atoms with van der Waals surface area (Å²) in [5, 5.41) is 2.89. The highest BCUT2D eigenvalue weighted by atomic mass is 16.6. The number of anilines is 1. The molecule has 0 unspecified atom stereocenters. The smallest absolute Gasteiger partial charge is 0.410 e. The first kappa shape index (κ1) is 17.1. The molecule has 1 aromatic carbocycles. The van der Waals surface area contributed by atoms with Crippen LogP contribution in [-0.4, -0.2) is 50.2 Å². The molecule has 1 aliphatic rings. The van der Waals surface area contributed by atoms with E-state index < -0.39 is 12.1 Å². The molecule has 126 valence electrons. The summed E-state index contributed by atoms with van der Waals surface area (Å²) in [6, 6.07) is 7.45. The average molecular weight is 319 g/mol. The Labute approximate surface area is 137 Å². The molecule has 0 aliphatic carbocycles. The Morgan fingerprint density at radius 3 is 2.57 bits per heavy atom. The van der Waals surface area contributed by atoms with Crippen LogP contribution in [0.25, 0.3) is 0 Å². The van der Waals surface area contributed by atoms with Crippen molar-refractivity contribution < 1.29 is 14.3 Å². The fourth-order valence-electron chi connectivity index (χ4n) is 2.48. The third-order valence-electron chi connectivity index (χ3n) is 3.76. The standard InChI is InChI=1S/C17H25N3O3/c1-12(2)10-20-15(11-23-17(20)22)16(21)18-9-13-5-7-14(8-6-13)19(3)4/h5-8,12,15H,9-11H2,1-4H3,(H,18,21)/t15-/m0/s1. The first-order valence-electron chi connectivity index (χ1n) is 7.86. The van der Waals surface area contributed by atoms with E-state index in [1.54, 1.807) is 0 Å². The van der Waals surface area contributed by atoms with Crippen LogP contribution in [0.5, 0.6) is 0 Å². The number of hydrogen-bond acceptors (Lipinski definition) is 4. The molecule has 0 radical (unpaired) electrons. The van der Waals surface area contributed by atoms with Crippen LogP contribution < -0.4 is 10.2 Å². The van der Waals surface area contributed by atoms with E-state index in [1.165, 1.54) is 4.90 Å². The number of hydrogen-bond donors (Lipinski definition) is 1. The topological polar surface area (TPSA) is 61.9 Å². The van der Waals surface area contributed by atoms with E-state index in [9.17, 15) is 9.59 Å². The first-order valence-corrected chi connectivity index (χ1v) is 7.86. The van der Waals surface area contributed by atoms with Crippen LogP contribution >= 0.6 is 0 Å². The van der Waals surface area contributed by atoms with Gasteiger partial charge in [-0.25, -0.2) is 4.79 Å². The van der Waals surface area contributed by atoms with Gasteiger partial charge < -0.3 is 15.0 Å². The molecule has 6 heteroatoms. The number of carbonyl (C=O) groups is 2. The zero-order valence-electron chi connectivity index (χ0n) is 14.2. The lowest BCUT2D eigenvalue weighted by Gasteiger charge is -2.22. The molecule has 1 aliphatic heterocycles. The number of amides is 2. The molecule has 0 aromatic heterocycles. The van der Waals surface area contributed by atoms with Gasteiger partial charge in [-0.3, -0.25) is 9.69 Å². The highest BCUT2D eigenvalue weighted by molar-refractivity contribution is 5.87. The maximum absolute atomic E-state index is 12.3. The molecule has 2 rings (SSSR count). The lowest BCUT2D eigenvalue weighted by Crippen LogP contribution is -2.46. The van der Waals surface area contributed by atoms with Crippen LogP contribution in [-0.2, 0) is 16.1 Å². The largest absolute Gasteiger partial charge is 0.447 e. The maximum atomic E-state index is 12.3. The van der Waals surface area contributed by atoms with Crippen molar-refractivity contribution in [1.29, 1.82) is 0 Å². The quantitative estimate of drug-likeness (QED) is 0.869. The van der Waals surface area contributed by atoms with Gasteiger partial charge in [0.25, 0.3) is 0 Å². The van der Waals surface area contributed by atoms with Gasteiger partial charge in [0.05, 0.1) is 0 Å². The summed E-state index contributed by atoms with van der Waals surface area (Å²) >= 11 is 0. The second-order valence-corrected chi connectivity index (χ2v) is 6.42. The Bertz CT molecular complexity index is 555. The van der Waals surface area contributed by atoms with Gasteiger partial charge >= 0.3 is 6.09 Å². The van der Waals surface area contributed by atoms with E-state index in [4.69, 9.17) is 4.74 Å². The van der Waals surface area contributed by atoms with Gasteiger partial charge in [-0.15, -0.1) is 0 Å². The summed E-state index contributed by atoms with van der Waals surface area (Å²) in [5.41, 5.74) is 2.13. The molecule has 0 bridgehead atoms. The van der Waals surface area contributed by atoms with Crippen LogP contribution in [0, 0.1) is 5.92 Å². The number of rotatable bonds is 6. The van der Waals surface area contributed by atoms with Crippen molar-refractivity contribution in [2.24, 2.45) is 5.92 Å². The predicted octanol–water partition coefficient (Wildman–Crippen LogP) is 1.85. The lowest BCUT2D eigenvalue weighted by atomic mass is 10.1. The van der Waals surface area contributed by atoms with E-state index in [2.05, 4.69) is 5.32 Å². The minimum absolute atomic E-state index is 0.122. The molecule has 6 nitrogen and oxygen atoms in total. The minimum atomic E-state index is -0.536. The summed E-state index contributed by atoms with van der Waals surface area (Å²) in [7, 11) is 3.97. The van der Waals surface area contributed by atoms with Gasteiger partial charge in [0.1, 0.15) is 12.6 Å². The van der Waals surface area contributed by atoms with Crippen molar-refractivity contribution in [3.8, 4) is 0 Å². The Morgan fingerprint density at radius 1 is 1.35 bits per heavy atom. The fourth-order valence-corrected chi connectivity index (χ4v) is 2.48. The zero-order valence-corrected chi connectivity index (χ0v) is 14.2. The van der Waals surface area contributed by atoms with Crippen molar-refractivity contribution in [3.05, 3.63) is 29.8 Å². The van der Waals surface area contributed by atoms with E-state index in [0.29, 0.717) is 13.1 Å². The summed E-state index contributed by atoms with van der Waals surface area (Å²) < 4.78 is 5.01. The molecule has 1 N–H and O–H groups in total. The predicted molar refractivity (Wildman–Crippen MR) is 89.3 cm³/mol. The molecular formula is C17H25N3O3. The van der Waals surface area contributed by atoms with Crippen molar-refractivity contribution >= 4 is 17.7 Å². The maximum Gasteiger partial charge on any atom is 0.410 e. The third kappa shape index (κ3) is 4.37. The van der Waals surface area contributed by atoms with Crippen LogP contribution in [0.1, 0.15) is 19.4 Å². The number of nitrogens with one attached hydrogen (secondary N) is 1. The number of ether oxygens (including phenoxy) is 1. The zero-order chi connectivity index (χ0) is 17.0.